The van der Waals surface area contributed by atoms with Crippen LogP contribution in [0.4, 0.5) is 0 Å². The number of phenolic OH excluding ortho intramolecular Hbond substituents is 1. The SMILES string of the molecule is Cc1cccc(C(=O)O)c1OC(=O)c1cc2ccccc2cc1O. The predicted molar refractivity (Wildman–Crippen MR) is 88.7 cm³/mol. The van der Waals surface area contributed by atoms with Crippen molar-refractivity contribution < 1.29 is 24.5 Å². The number of phenols is 1. The lowest BCUT2D eigenvalue weighted by Crippen LogP contribution is -2.13. The van der Waals surface area contributed by atoms with Gasteiger partial charge in [-0.05, 0) is 41.5 Å². The molecular formula is C19H14O5. The van der Waals surface area contributed by atoms with Gasteiger partial charge in [-0.15, -0.1) is 0 Å². The minimum absolute atomic E-state index is 0.0201. The van der Waals surface area contributed by atoms with Crippen LogP contribution in [0.15, 0.2) is 54.6 Å². The first-order valence-electron chi connectivity index (χ1n) is 7.24. The fourth-order valence-corrected chi connectivity index (χ4v) is 2.50. The molecule has 0 radical (unpaired) electrons. The summed E-state index contributed by atoms with van der Waals surface area (Å²) in [6, 6.07) is 14.8. The number of hydrogen-bond donors (Lipinski definition) is 2. The van der Waals surface area contributed by atoms with Crippen molar-refractivity contribution in [3.05, 3.63) is 71.3 Å². The van der Waals surface area contributed by atoms with Crippen LogP contribution in [-0.4, -0.2) is 22.2 Å². The third kappa shape index (κ3) is 2.79. The molecule has 0 fully saturated rings. The maximum Gasteiger partial charge on any atom is 0.347 e. The number of carboxylic acids is 1. The molecule has 5 nitrogen and oxygen atoms in total. The number of benzene rings is 3. The molecule has 0 heterocycles. The van der Waals surface area contributed by atoms with Gasteiger partial charge in [-0.25, -0.2) is 9.59 Å². The average Bonchev–Trinajstić information content (AvgIpc) is 2.55. The van der Waals surface area contributed by atoms with Crippen LogP contribution >= 0.6 is 0 Å². The lowest BCUT2D eigenvalue weighted by atomic mass is 10.1. The molecule has 3 aromatic rings. The maximum atomic E-state index is 12.4. The molecule has 0 aliphatic rings. The normalized spacial score (nSPS) is 10.5. The predicted octanol–water partition coefficient (Wildman–Crippen LogP) is 3.77. The quantitative estimate of drug-likeness (QED) is 0.566. The Kier molecular flexibility index (Phi) is 3.92. The molecule has 120 valence electrons. The largest absolute Gasteiger partial charge is 0.507 e. The zero-order valence-corrected chi connectivity index (χ0v) is 12.8. The second-order valence-corrected chi connectivity index (χ2v) is 5.36. The third-order valence-corrected chi connectivity index (χ3v) is 3.72. The van der Waals surface area contributed by atoms with Crippen LogP contribution < -0.4 is 4.74 Å². The van der Waals surface area contributed by atoms with E-state index < -0.39 is 11.9 Å². The van der Waals surface area contributed by atoms with Gasteiger partial charge in [-0.1, -0.05) is 36.4 Å². The number of aromatic hydroxyl groups is 1. The Morgan fingerprint density at radius 2 is 1.58 bits per heavy atom. The lowest BCUT2D eigenvalue weighted by Gasteiger charge is -2.11. The molecule has 0 saturated carbocycles. The summed E-state index contributed by atoms with van der Waals surface area (Å²) in [7, 11) is 0. The maximum absolute atomic E-state index is 12.4. The number of rotatable bonds is 3. The van der Waals surface area contributed by atoms with E-state index in [9.17, 15) is 19.8 Å². The number of aromatic carboxylic acids is 1. The van der Waals surface area contributed by atoms with Gasteiger partial charge in [0, 0.05) is 0 Å². The highest BCUT2D eigenvalue weighted by molar-refractivity contribution is 6.01. The van der Waals surface area contributed by atoms with E-state index in [2.05, 4.69) is 0 Å². The number of para-hydroxylation sites is 1. The Hall–Kier alpha value is -3.34. The zero-order valence-electron chi connectivity index (χ0n) is 12.8. The second-order valence-electron chi connectivity index (χ2n) is 5.36. The molecule has 0 amide bonds. The number of carbonyl (C=O) groups excluding carboxylic acids is 1. The van der Waals surface area contributed by atoms with Crippen molar-refractivity contribution in [2.75, 3.05) is 0 Å². The molecular weight excluding hydrogens is 308 g/mol. The number of ether oxygens (including phenoxy) is 1. The summed E-state index contributed by atoms with van der Waals surface area (Å²) < 4.78 is 5.27. The van der Waals surface area contributed by atoms with Gasteiger partial charge in [0.25, 0.3) is 0 Å². The average molecular weight is 322 g/mol. The number of carbonyl (C=O) groups is 2. The van der Waals surface area contributed by atoms with Gasteiger partial charge in [0.2, 0.25) is 0 Å². The zero-order chi connectivity index (χ0) is 17.3. The Balaban J connectivity index is 2.02. The molecule has 0 unspecified atom stereocenters. The standard InChI is InChI=1S/C19H14O5/c1-11-5-4-8-14(18(21)22)17(11)24-19(23)15-9-12-6-2-3-7-13(12)10-16(15)20/h2-10,20H,1H3,(H,21,22). The number of fused-ring (bicyclic) bond motifs is 1. The monoisotopic (exact) mass is 322 g/mol. The van der Waals surface area contributed by atoms with Gasteiger partial charge in [-0.2, -0.15) is 0 Å². The molecule has 2 N–H and O–H groups in total. The highest BCUT2D eigenvalue weighted by Gasteiger charge is 2.20. The van der Waals surface area contributed by atoms with Gasteiger partial charge >= 0.3 is 11.9 Å². The van der Waals surface area contributed by atoms with Crippen molar-refractivity contribution in [2.45, 2.75) is 6.92 Å². The summed E-state index contributed by atoms with van der Waals surface area (Å²) in [5, 5.41) is 20.9. The minimum Gasteiger partial charge on any atom is -0.507 e. The number of hydrogen-bond acceptors (Lipinski definition) is 4. The van der Waals surface area contributed by atoms with Crippen LogP contribution in [0.25, 0.3) is 10.8 Å². The Morgan fingerprint density at radius 3 is 2.25 bits per heavy atom. The Bertz CT molecular complexity index is 959. The summed E-state index contributed by atoms with van der Waals surface area (Å²) in [4.78, 5) is 23.7. The highest BCUT2D eigenvalue weighted by atomic mass is 16.5. The molecule has 0 atom stereocenters. The van der Waals surface area contributed by atoms with E-state index in [0.717, 1.165) is 10.8 Å². The van der Waals surface area contributed by atoms with E-state index in [1.165, 1.54) is 18.2 Å². The summed E-state index contributed by atoms with van der Waals surface area (Å²) in [5.41, 5.74) is 0.389. The van der Waals surface area contributed by atoms with Crippen molar-refractivity contribution >= 4 is 22.7 Å². The van der Waals surface area contributed by atoms with Crippen LogP contribution in [0.5, 0.6) is 11.5 Å². The van der Waals surface area contributed by atoms with Gasteiger partial charge in [0.1, 0.15) is 22.6 Å². The number of esters is 1. The van der Waals surface area contributed by atoms with Crippen LogP contribution in [0.2, 0.25) is 0 Å². The molecule has 0 aromatic heterocycles. The summed E-state index contributed by atoms with van der Waals surface area (Å²) in [6.07, 6.45) is 0. The molecule has 3 aromatic carbocycles. The fraction of sp³-hybridized carbons (Fsp3) is 0.0526. The Labute approximate surface area is 137 Å². The lowest BCUT2D eigenvalue weighted by molar-refractivity contribution is 0.0680. The van der Waals surface area contributed by atoms with E-state index in [1.807, 2.05) is 24.3 Å². The van der Waals surface area contributed by atoms with Crippen molar-refractivity contribution in [1.29, 1.82) is 0 Å². The molecule has 0 aliphatic heterocycles. The number of aryl methyl sites for hydroxylation is 1. The minimum atomic E-state index is -1.19. The van der Waals surface area contributed by atoms with Crippen LogP contribution in [0, 0.1) is 6.92 Å². The van der Waals surface area contributed by atoms with Crippen molar-refractivity contribution in [3.8, 4) is 11.5 Å². The van der Waals surface area contributed by atoms with E-state index in [0.29, 0.717) is 5.56 Å². The Morgan fingerprint density at radius 1 is 0.917 bits per heavy atom. The molecule has 3 rings (SSSR count). The van der Waals surface area contributed by atoms with Gasteiger partial charge < -0.3 is 14.9 Å². The second kappa shape index (κ2) is 6.04. The summed E-state index contributed by atoms with van der Waals surface area (Å²) in [5.74, 6) is -2.24. The first-order valence-corrected chi connectivity index (χ1v) is 7.24. The van der Waals surface area contributed by atoms with Crippen LogP contribution in [0.1, 0.15) is 26.3 Å². The number of carboxylic acid groups (broad SMARTS) is 1. The van der Waals surface area contributed by atoms with E-state index >= 15 is 0 Å². The molecule has 0 saturated heterocycles. The molecule has 0 bridgehead atoms. The van der Waals surface area contributed by atoms with Crippen LogP contribution in [-0.2, 0) is 0 Å². The summed E-state index contributed by atoms with van der Waals surface area (Å²) in [6.45, 7) is 1.65. The van der Waals surface area contributed by atoms with E-state index in [1.54, 1.807) is 19.1 Å². The van der Waals surface area contributed by atoms with Crippen molar-refractivity contribution in [3.63, 3.8) is 0 Å². The van der Waals surface area contributed by atoms with E-state index in [4.69, 9.17) is 4.74 Å². The van der Waals surface area contributed by atoms with E-state index in [-0.39, 0.29) is 22.6 Å². The smallest absolute Gasteiger partial charge is 0.347 e. The van der Waals surface area contributed by atoms with Crippen molar-refractivity contribution in [2.24, 2.45) is 0 Å². The molecule has 0 aliphatic carbocycles. The molecule has 5 heteroatoms. The molecule has 24 heavy (non-hydrogen) atoms. The summed E-state index contributed by atoms with van der Waals surface area (Å²) >= 11 is 0. The fourth-order valence-electron chi connectivity index (χ4n) is 2.50. The highest BCUT2D eigenvalue weighted by Crippen LogP contribution is 2.29. The van der Waals surface area contributed by atoms with Gasteiger partial charge in [0.05, 0.1) is 0 Å². The first kappa shape index (κ1) is 15.6. The van der Waals surface area contributed by atoms with Gasteiger partial charge in [0.15, 0.2) is 0 Å². The van der Waals surface area contributed by atoms with Gasteiger partial charge in [-0.3, -0.25) is 0 Å². The van der Waals surface area contributed by atoms with Crippen molar-refractivity contribution in [1.82, 2.24) is 0 Å². The first-order chi connectivity index (χ1) is 11.5. The van der Waals surface area contributed by atoms with Crippen LogP contribution in [0.3, 0.4) is 0 Å². The molecule has 0 spiro atoms. The third-order valence-electron chi connectivity index (χ3n) is 3.72. The topological polar surface area (TPSA) is 83.8 Å².